The Labute approximate surface area is 207 Å². The SMILES string of the molecule is CC(NCCC1CN(c2cc(F)cc(C(F)(F)F)c2)c2ccccc2O1)c1cccc2ccccc12. The van der Waals surface area contributed by atoms with Crippen molar-refractivity contribution >= 4 is 22.1 Å². The van der Waals surface area contributed by atoms with Crippen LogP contribution in [0.1, 0.15) is 30.5 Å². The van der Waals surface area contributed by atoms with E-state index in [1.165, 1.54) is 16.3 Å². The smallest absolute Gasteiger partial charge is 0.416 e. The molecule has 5 rings (SSSR count). The molecule has 0 bridgehead atoms. The fraction of sp³-hybridized carbons (Fsp3) is 0.241. The van der Waals surface area contributed by atoms with E-state index in [0.717, 1.165) is 12.1 Å². The van der Waals surface area contributed by atoms with Gasteiger partial charge in [0.25, 0.3) is 0 Å². The first-order chi connectivity index (χ1) is 17.3. The number of anilines is 2. The summed E-state index contributed by atoms with van der Waals surface area (Å²) in [5, 5.41) is 5.92. The summed E-state index contributed by atoms with van der Waals surface area (Å²) in [4.78, 5) is 1.70. The molecule has 1 N–H and O–H groups in total. The molecule has 36 heavy (non-hydrogen) atoms. The summed E-state index contributed by atoms with van der Waals surface area (Å²) >= 11 is 0. The quantitative estimate of drug-likeness (QED) is 0.279. The van der Waals surface area contributed by atoms with E-state index < -0.39 is 17.6 Å². The van der Waals surface area contributed by atoms with Gasteiger partial charge in [0.15, 0.2) is 0 Å². The van der Waals surface area contributed by atoms with Gasteiger partial charge in [0.1, 0.15) is 17.7 Å². The number of hydrogen-bond acceptors (Lipinski definition) is 3. The molecule has 0 spiro atoms. The standard InChI is InChI=1S/C29H26F4N2O/c1-19(25-10-6-8-20-7-2-3-9-26(20)25)34-14-13-24-18-35(27-11-4-5-12-28(27)36-24)23-16-21(29(31,32)33)15-22(30)17-23/h2-12,15-17,19,24,34H,13-14,18H2,1H3. The minimum atomic E-state index is -4.64. The van der Waals surface area contributed by atoms with Gasteiger partial charge in [-0.05, 0) is 66.6 Å². The van der Waals surface area contributed by atoms with Crippen molar-refractivity contribution < 1.29 is 22.3 Å². The average molecular weight is 495 g/mol. The Kier molecular flexibility index (Phi) is 6.58. The number of halogens is 4. The van der Waals surface area contributed by atoms with Gasteiger partial charge in [-0.2, -0.15) is 13.2 Å². The molecule has 0 aliphatic carbocycles. The number of nitrogens with one attached hydrogen (secondary N) is 1. The minimum absolute atomic E-state index is 0.0978. The molecular formula is C29H26F4N2O. The molecule has 0 aromatic heterocycles. The Morgan fingerprint density at radius 3 is 2.56 bits per heavy atom. The Morgan fingerprint density at radius 1 is 0.972 bits per heavy atom. The van der Waals surface area contributed by atoms with Gasteiger partial charge in [-0.3, -0.25) is 0 Å². The van der Waals surface area contributed by atoms with Crippen LogP contribution in [0.4, 0.5) is 28.9 Å². The molecule has 2 unspecified atom stereocenters. The highest BCUT2D eigenvalue weighted by atomic mass is 19.4. The van der Waals surface area contributed by atoms with Crippen molar-refractivity contribution in [2.75, 3.05) is 18.0 Å². The fourth-order valence-electron chi connectivity index (χ4n) is 4.79. The van der Waals surface area contributed by atoms with E-state index in [1.54, 1.807) is 23.1 Å². The molecule has 0 amide bonds. The zero-order valence-corrected chi connectivity index (χ0v) is 19.7. The number of para-hydroxylation sites is 2. The van der Waals surface area contributed by atoms with Crippen LogP contribution in [-0.2, 0) is 6.18 Å². The molecule has 186 valence electrons. The number of fused-ring (bicyclic) bond motifs is 2. The van der Waals surface area contributed by atoms with E-state index >= 15 is 0 Å². The topological polar surface area (TPSA) is 24.5 Å². The Bertz CT molecular complexity index is 1370. The zero-order chi connectivity index (χ0) is 25.3. The maximum Gasteiger partial charge on any atom is 0.416 e. The molecule has 0 radical (unpaired) electrons. The molecule has 4 aromatic carbocycles. The minimum Gasteiger partial charge on any atom is -0.486 e. The van der Waals surface area contributed by atoms with Crippen molar-refractivity contribution in [1.82, 2.24) is 5.32 Å². The summed E-state index contributed by atoms with van der Waals surface area (Å²) in [6, 6.07) is 24.4. The maximum absolute atomic E-state index is 14.2. The fourth-order valence-corrected chi connectivity index (χ4v) is 4.79. The van der Waals surface area contributed by atoms with Crippen LogP contribution in [0.5, 0.6) is 5.75 Å². The predicted molar refractivity (Wildman–Crippen MR) is 134 cm³/mol. The third-order valence-electron chi connectivity index (χ3n) is 6.56. The lowest BCUT2D eigenvalue weighted by Crippen LogP contribution is -2.39. The van der Waals surface area contributed by atoms with Crippen LogP contribution < -0.4 is 15.0 Å². The van der Waals surface area contributed by atoms with E-state index in [1.807, 2.05) is 24.3 Å². The summed E-state index contributed by atoms with van der Waals surface area (Å²) < 4.78 is 60.4. The average Bonchev–Trinajstić information content (AvgIpc) is 2.87. The van der Waals surface area contributed by atoms with Crippen LogP contribution in [0.3, 0.4) is 0 Å². The van der Waals surface area contributed by atoms with E-state index in [9.17, 15) is 17.6 Å². The Morgan fingerprint density at radius 2 is 1.72 bits per heavy atom. The first kappa shape index (κ1) is 24.1. The lowest BCUT2D eigenvalue weighted by molar-refractivity contribution is -0.137. The summed E-state index contributed by atoms with van der Waals surface area (Å²) in [6.07, 6.45) is -4.30. The number of rotatable bonds is 6. The normalized spacial score (nSPS) is 16.5. The van der Waals surface area contributed by atoms with Gasteiger partial charge in [0.2, 0.25) is 0 Å². The molecule has 1 heterocycles. The van der Waals surface area contributed by atoms with E-state index in [2.05, 4.69) is 36.5 Å². The molecule has 2 atom stereocenters. The van der Waals surface area contributed by atoms with E-state index in [4.69, 9.17) is 4.74 Å². The first-order valence-corrected chi connectivity index (χ1v) is 11.9. The van der Waals surface area contributed by atoms with Crippen molar-refractivity contribution in [3.8, 4) is 5.75 Å². The van der Waals surface area contributed by atoms with Crippen LogP contribution in [-0.4, -0.2) is 19.2 Å². The number of benzene rings is 4. The van der Waals surface area contributed by atoms with Crippen molar-refractivity contribution in [2.45, 2.75) is 31.7 Å². The molecule has 7 heteroatoms. The van der Waals surface area contributed by atoms with Crippen LogP contribution in [0, 0.1) is 5.82 Å². The molecule has 1 aliphatic heterocycles. The number of hydrogen-bond donors (Lipinski definition) is 1. The molecular weight excluding hydrogens is 468 g/mol. The highest BCUT2D eigenvalue weighted by Gasteiger charge is 2.33. The second kappa shape index (κ2) is 9.82. The highest BCUT2D eigenvalue weighted by molar-refractivity contribution is 5.86. The molecule has 1 aliphatic rings. The number of nitrogens with zero attached hydrogens (tertiary/aromatic N) is 1. The van der Waals surface area contributed by atoms with Crippen molar-refractivity contribution in [2.24, 2.45) is 0 Å². The van der Waals surface area contributed by atoms with Crippen LogP contribution in [0.25, 0.3) is 10.8 Å². The molecule has 0 saturated heterocycles. The summed E-state index contributed by atoms with van der Waals surface area (Å²) in [5.74, 6) is -0.361. The first-order valence-electron chi connectivity index (χ1n) is 11.9. The number of alkyl halides is 3. The van der Waals surface area contributed by atoms with Crippen molar-refractivity contribution in [3.63, 3.8) is 0 Å². The number of ether oxygens (including phenoxy) is 1. The largest absolute Gasteiger partial charge is 0.486 e. The third-order valence-corrected chi connectivity index (χ3v) is 6.56. The Hall–Kier alpha value is -3.58. The third kappa shape index (κ3) is 5.02. The van der Waals surface area contributed by atoms with Crippen LogP contribution in [0.2, 0.25) is 0 Å². The Balaban J connectivity index is 1.33. The molecule has 0 fully saturated rings. The monoisotopic (exact) mass is 494 g/mol. The van der Waals surface area contributed by atoms with Gasteiger partial charge in [-0.1, -0.05) is 54.6 Å². The summed E-state index contributed by atoms with van der Waals surface area (Å²) in [7, 11) is 0. The van der Waals surface area contributed by atoms with Crippen LogP contribution >= 0.6 is 0 Å². The molecule has 4 aromatic rings. The lowest BCUT2D eigenvalue weighted by Gasteiger charge is -2.37. The van der Waals surface area contributed by atoms with Gasteiger partial charge >= 0.3 is 6.18 Å². The summed E-state index contributed by atoms with van der Waals surface area (Å²) in [6.45, 7) is 3.06. The van der Waals surface area contributed by atoms with Gasteiger partial charge in [0.05, 0.1) is 17.8 Å². The molecule has 3 nitrogen and oxygen atoms in total. The highest BCUT2D eigenvalue weighted by Crippen LogP contribution is 2.41. The van der Waals surface area contributed by atoms with Crippen LogP contribution in [0.15, 0.2) is 84.9 Å². The second-order valence-electron chi connectivity index (χ2n) is 9.05. The maximum atomic E-state index is 14.2. The molecule has 0 saturated carbocycles. The van der Waals surface area contributed by atoms with Crippen molar-refractivity contribution in [1.29, 1.82) is 0 Å². The van der Waals surface area contributed by atoms with E-state index in [0.29, 0.717) is 37.0 Å². The van der Waals surface area contributed by atoms with Gasteiger partial charge in [-0.15, -0.1) is 0 Å². The van der Waals surface area contributed by atoms with Gasteiger partial charge < -0.3 is 15.0 Å². The predicted octanol–water partition coefficient (Wildman–Crippen LogP) is 7.64. The lowest BCUT2D eigenvalue weighted by atomic mass is 9.99. The zero-order valence-electron chi connectivity index (χ0n) is 19.7. The van der Waals surface area contributed by atoms with Gasteiger partial charge in [0, 0.05) is 11.7 Å². The van der Waals surface area contributed by atoms with E-state index in [-0.39, 0.29) is 17.8 Å². The van der Waals surface area contributed by atoms with Crippen molar-refractivity contribution in [3.05, 3.63) is 102 Å². The second-order valence-corrected chi connectivity index (χ2v) is 9.05. The summed E-state index contributed by atoms with van der Waals surface area (Å²) in [5.41, 5.74) is 0.956. The van der Waals surface area contributed by atoms with Gasteiger partial charge in [-0.25, -0.2) is 4.39 Å².